The highest BCUT2D eigenvalue weighted by Gasteiger charge is 2.60. The molecule has 1 spiro atoms. The molecular formula is C52H42N4O6. The molecule has 4 amide bonds. The quantitative estimate of drug-likeness (QED) is 0.148. The Balaban J connectivity index is 0.934. The van der Waals surface area contributed by atoms with Crippen molar-refractivity contribution in [2.45, 2.75) is 44.6 Å². The lowest BCUT2D eigenvalue weighted by atomic mass is 9.82. The molecule has 10 heteroatoms. The van der Waals surface area contributed by atoms with Gasteiger partial charge < -0.3 is 19.6 Å². The van der Waals surface area contributed by atoms with E-state index in [1.54, 1.807) is 19.6 Å². The highest BCUT2D eigenvalue weighted by molar-refractivity contribution is 6.29. The molecular weight excluding hydrogens is 777 g/mol. The van der Waals surface area contributed by atoms with Crippen LogP contribution >= 0.6 is 0 Å². The van der Waals surface area contributed by atoms with E-state index < -0.39 is 11.7 Å². The average Bonchev–Trinajstić information content (AvgIpc) is 3.95. The van der Waals surface area contributed by atoms with Crippen LogP contribution in [0.1, 0.15) is 57.2 Å². The lowest BCUT2D eigenvalue weighted by Gasteiger charge is -2.29. The summed E-state index contributed by atoms with van der Waals surface area (Å²) in [5.41, 5.74) is 5.96. The molecule has 4 aliphatic heterocycles. The van der Waals surface area contributed by atoms with Gasteiger partial charge in [0.15, 0.2) is 5.60 Å². The van der Waals surface area contributed by atoms with Crippen LogP contribution in [0.5, 0.6) is 0 Å². The number of hydrogen-bond acceptors (Lipinski definition) is 6. The van der Waals surface area contributed by atoms with E-state index >= 15 is 4.79 Å². The smallest absolute Gasteiger partial charge is 0.264 e. The van der Waals surface area contributed by atoms with E-state index in [1.165, 1.54) is 0 Å². The number of rotatable bonds is 10. The van der Waals surface area contributed by atoms with Crippen molar-refractivity contribution in [1.29, 1.82) is 0 Å². The summed E-state index contributed by atoms with van der Waals surface area (Å²) in [5.74, 6) is -0.952. The number of nitrogens with zero attached hydrogens (tertiary/aromatic N) is 4. The molecule has 1 saturated heterocycles. The Hall–Kier alpha value is -7.14. The Morgan fingerprint density at radius 2 is 1.29 bits per heavy atom. The number of benzene rings is 7. The predicted molar refractivity (Wildman–Crippen MR) is 239 cm³/mol. The number of ether oxygens (including phenoxy) is 1. The predicted octanol–water partition coefficient (Wildman–Crippen LogP) is 9.16. The van der Waals surface area contributed by atoms with Gasteiger partial charge in [-0.1, -0.05) is 97.9 Å². The molecule has 10 nitrogen and oxygen atoms in total. The summed E-state index contributed by atoms with van der Waals surface area (Å²) in [6.07, 6.45) is -0.0848. The molecule has 1 fully saturated rings. The lowest BCUT2D eigenvalue weighted by molar-refractivity contribution is -0.150. The third-order valence-corrected chi connectivity index (χ3v) is 13.1. The monoisotopic (exact) mass is 818 g/mol. The van der Waals surface area contributed by atoms with Crippen molar-refractivity contribution in [3.63, 3.8) is 0 Å². The Morgan fingerprint density at radius 1 is 0.694 bits per heavy atom. The summed E-state index contributed by atoms with van der Waals surface area (Å²) in [7, 11) is 0. The van der Waals surface area contributed by atoms with Gasteiger partial charge in [0, 0.05) is 46.7 Å². The molecule has 0 radical (unpaired) electrons. The first-order valence-corrected chi connectivity index (χ1v) is 21.1. The zero-order chi connectivity index (χ0) is 42.3. The van der Waals surface area contributed by atoms with Crippen LogP contribution in [0.2, 0.25) is 0 Å². The van der Waals surface area contributed by atoms with Crippen molar-refractivity contribution < 1.29 is 29.0 Å². The molecule has 306 valence electrons. The van der Waals surface area contributed by atoms with Crippen molar-refractivity contribution in [2.24, 2.45) is 5.92 Å². The van der Waals surface area contributed by atoms with E-state index in [9.17, 15) is 19.5 Å². The van der Waals surface area contributed by atoms with Crippen LogP contribution in [0.3, 0.4) is 0 Å². The second kappa shape index (κ2) is 14.5. The number of carbonyl (C=O) groups is 4. The number of hydrogen-bond donors (Lipinski definition) is 1. The largest absolute Gasteiger partial charge is 0.395 e. The fourth-order valence-electron chi connectivity index (χ4n) is 10.3. The van der Waals surface area contributed by atoms with Crippen LogP contribution in [0, 0.1) is 5.92 Å². The van der Waals surface area contributed by atoms with Crippen LogP contribution in [-0.4, -0.2) is 52.9 Å². The maximum Gasteiger partial charge on any atom is 0.264 e. The SMILES string of the molecule is C[C@H]1C[C@@H](CC(=O)N(CCO)Cc2ccccc2)O[C@]12C(=O)N(Cc1ccc(N3C(=O)c4cccc5cccc3c45)cc1)c1ccc(N3C(=O)c4cccc5cccc3c45)cc12. The molecule has 0 aromatic heterocycles. The van der Waals surface area contributed by atoms with Gasteiger partial charge in [-0.25, -0.2) is 0 Å². The maximum atomic E-state index is 15.2. The van der Waals surface area contributed by atoms with Gasteiger partial charge >= 0.3 is 0 Å². The van der Waals surface area contributed by atoms with Crippen LogP contribution in [0.4, 0.5) is 28.4 Å². The Kier molecular flexibility index (Phi) is 8.85. The first-order chi connectivity index (χ1) is 30.2. The van der Waals surface area contributed by atoms with E-state index in [4.69, 9.17) is 4.74 Å². The molecule has 1 N–H and O–H groups in total. The topological polar surface area (TPSA) is 111 Å². The summed E-state index contributed by atoms with van der Waals surface area (Å²) in [6, 6.07) is 46.4. The van der Waals surface area contributed by atoms with Gasteiger partial charge in [-0.15, -0.1) is 0 Å². The van der Waals surface area contributed by atoms with E-state index in [-0.39, 0.29) is 55.7 Å². The fraction of sp³-hybridized carbons (Fsp3) is 0.192. The summed E-state index contributed by atoms with van der Waals surface area (Å²) < 4.78 is 6.95. The maximum absolute atomic E-state index is 15.2. The minimum Gasteiger partial charge on any atom is -0.395 e. The molecule has 7 aromatic rings. The Labute approximate surface area is 358 Å². The number of aliphatic hydroxyl groups is 1. The minimum absolute atomic E-state index is 0.0391. The lowest BCUT2D eigenvalue weighted by Crippen LogP contribution is -2.44. The highest BCUT2D eigenvalue weighted by atomic mass is 16.5. The summed E-state index contributed by atoms with van der Waals surface area (Å²) in [5, 5.41) is 13.7. The zero-order valence-corrected chi connectivity index (χ0v) is 34.0. The molecule has 3 atom stereocenters. The first-order valence-electron chi connectivity index (χ1n) is 21.1. The van der Waals surface area contributed by atoms with Crippen molar-refractivity contribution in [2.75, 3.05) is 27.9 Å². The number of carbonyl (C=O) groups excluding carboxylic acids is 4. The molecule has 11 rings (SSSR count). The van der Waals surface area contributed by atoms with Gasteiger partial charge in [-0.3, -0.25) is 29.0 Å². The van der Waals surface area contributed by atoms with Crippen LogP contribution in [0.25, 0.3) is 21.5 Å². The third-order valence-electron chi connectivity index (χ3n) is 13.1. The standard InChI is InChI=1S/C52H42N4O6/c1-32-27-39(29-46(58)53(25-26-57)30-33-9-3-2-4-10-33)62-52(32)42-28-38(56-45-18-8-14-36-12-6-16-41(48(36)45)50(56)60)23-24-43(42)54(51(52)61)31-34-19-21-37(22-20-34)55-44-17-7-13-35-11-5-15-40(47(35)44)49(55)59/h2-24,28,32,39,57H,25-27,29-31H2,1H3/t32-,39-,52+/m0/s1. The third kappa shape index (κ3) is 5.70. The zero-order valence-electron chi connectivity index (χ0n) is 34.0. The van der Waals surface area contributed by atoms with Crippen molar-refractivity contribution in [3.8, 4) is 0 Å². The number of aliphatic hydroxyl groups excluding tert-OH is 1. The molecule has 4 aliphatic rings. The molecule has 7 aromatic carbocycles. The molecule has 0 bridgehead atoms. The highest BCUT2D eigenvalue weighted by Crippen LogP contribution is 2.56. The normalized spacial score (nSPS) is 19.8. The van der Waals surface area contributed by atoms with E-state index in [2.05, 4.69) is 0 Å². The average molecular weight is 819 g/mol. The van der Waals surface area contributed by atoms with Gasteiger partial charge in [-0.05, 0) is 82.9 Å². The Morgan fingerprint density at radius 3 is 1.92 bits per heavy atom. The van der Waals surface area contributed by atoms with Crippen molar-refractivity contribution in [1.82, 2.24) is 4.90 Å². The van der Waals surface area contributed by atoms with E-state index in [1.807, 2.05) is 153 Å². The van der Waals surface area contributed by atoms with Crippen LogP contribution in [-0.2, 0) is 33.0 Å². The molecule has 4 heterocycles. The van der Waals surface area contributed by atoms with Gasteiger partial charge in [0.1, 0.15) is 0 Å². The number of amides is 4. The second-order valence-corrected chi connectivity index (χ2v) is 16.7. The van der Waals surface area contributed by atoms with Crippen molar-refractivity contribution >= 4 is 73.6 Å². The van der Waals surface area contributed by atoms with Crippen LogP contribution < -0.4 is 14.7 Å². The van der Waals surface area contributed by atoms with Crippen molar-refractivity contribution in [3.05, 3.63) is 173 Å². The molecule has 0 aliphatic carbocycles. The molecule has 0 saturated carbocycles. The van der Waals surface area contributed by atoms with Gasteiger partial charge in [0.25, 0.3) is 17.7 Å². The van der Waals surface area contributed by atoms with Gasteiger partial charge in [-0.2, -0.15) is 0 Å². The summed E-state index contributed by atoms with van der Waals surface area (Å²) >= 11 is 0. The number of anilines is 5. The van der Waals surface area contributed by atoms with E-state index in [0.717, 1.165) is 49.7 Å². The van der Waals surface area contributed by atoms with Gasteiger partial charge in [0.2, 0.25) is 5.91 Å². The fourth-order valence-corrected chi connectivity index (χ4v) is 10.3. The van der Waals surface area contributed by atoms with E-state index in [0.29, 0.717) is 41.0 Å². The molecule has 62 heavy (non-hydrogen) atoms. The van der Waals surface area contributed by atoms with Gasteiger partial charge in [0.05, 0.1) is 53.9 Å². The Bertz CT molecular complexity index is 3000. The van der Waals surface area contributed by atoms with Crippen LogP contribution in [0.15, 0.2) is 146 Å². The minimum atomic E-state index is -1.43. The first kappa shape index (κ1) is 37.8. The molecule has 0 unspecified atom stereocenters. The summed E-state index contributed by atoms with van der Waals surface area (Å²) in [6.45, 7) is 2.56. The number of fused-ring (bicyclic) bond motifs is 2. The second-order valence-electron chi connectivity index (χ2n) is 16.7. The summed E-state index contributed by atoms with van der Waals surface area (Å²) in [4.78, 5) is 63.8.